The Morgan fingerprint density at radius 1 is 1.47 bits per heavy atom. The molecular weight excluding hydrogens is 292 g/mol. The summed E-state index contributed by atoms with van der Waals surface area (Å²) in [5.74, 6) is -1.23. The maximum Gasteiger partial charge on any atom is 0.235 e. The van der Waals surface area contributed by atoms with Crippen molar-refractivity contribution >= 4 is 33.0 Å². The highest BCUT2D eigenvalue weighted by Gasteiger charge is 2.19. The predicted molar refractivity (Wildman–Crippen MR) is 72.8 cm³/mol. The van der Waals surface area contributed by atoms with Crippen molar-refractivity contribution in [1.82, 2.24) is 5.32 Å². The van der Waals surface area contributed by atoms with E-state index in [-0.39, 0.29) is 22.2 Å². The van der Waals surface area contributed by atoms with Gasteiger partial charge in [-0.2, -0.15) is 0 Å². The van der Waals surface area contributed by atoms with Gasteiger partial charge in [0.25, 0.3) is 0 Å². The van der Waals surface area contributed by atoms with E-state index in [2.05, 4.69) is 5.32 Å². The summed E-state index contributed by atoms with van der Waals surface area (Å²) in [6.45, 7) is 0.576. The maximum atomic E-state index is 11.9. The molecule has 106 valence electrons. The van der Waals surface area contributed by atoms with Crippen LogP contribution in [0.3, 0.4) is 0 Å². The van der Waals surface area contributed by atoms with Crippen LogP contribution in [0, 0.1) is 0 Å². The van der Waals surface area contributed by atoms with Crippen molar-refractivity contribution in [2.75, 3.05) is 31.7 Å². The zero-order chi connectivity index (χ0) is 14.5. The molecule has 0 spiro atoms. The molecule has 0 saturated carbocycles. The van der Waals surface area contributed by atoms with Crippen LogP contribution >= 0.6 is 11.6 Å². The van der Waals surface area contributed by atoms with E-state index in [4.69, 9.17) is 22.1 Å². The van der Waals surface area contributed by atoms with Gasteiger partial charge in [0.15, 0.2) is 9.84 Å². The second kappa shape index (κ2) is 6.74. The minimum Gasteiger partial charge on any atom is -0.398 e. The molecule has 8 heteroatoms. The maximum absolute atomic E-state index is 11.9. The number of carbonyl (C=O) groups is 1. The van der Waals surface area contributed by atoms with Crippen molar-refractivity contribution in [3.05, 3.63) is 23.2 Å². The summed E-state index contributed by atoms with van der Waals surface area (Å²) in [5, 5.41) is 2.57. The molecular formula is C11H15ClN2O4S. The van der Waals surface area contributed by atoms with Gasteiger partial charge in [0.05, 0.1) is 22.2 Å². The molecule has 0 radical (unpaired) electrons. The van der Waals surface area contributed by atoms with Gasteiger partial charge in [-0.15, -0.1) is 0 Å². The first-order valence-corrected chi connectivity index (χ1v) is 7.43. The highest BCUT2D eigenvalue weighted by Crippen LogP contribution is 2.23. The second-order valence-electron chi connectivity index (χ2n) is 3.79. The molecule has 1 aromatic carbocycles. The Morgan fingerprint density at radius 3 is 2.74 bits per heavy atom. The fraction of sp³-hybridized carbons (Fsp3) is 0.364. The van der Waals surface area contributed by atoms with Gasteiger partial charge < -0.3 is 15.8 Å². The zero-order valence-corrected chi connectivity index (χ0v) is 11.9. The Kier molecular flexibility index (Phi) is 5.59. The molecule has 0 aromatic heterocycles. The molecule has 0 aliphatic carbocycles. The minimum absolute atomic E-state index is 0.0337. The summed E-state index contributed by atoms with van der Waals surface area (Å²) in [6.07, 6.45) is 0. The molecule has 0 unspecified atom stereocenters. The third kappa shape index (κ3) is 4.70. The van der Waals surface area contributed by atoms with Crippen LogP contribution in [0.2, 0.25) is 5.02 Å². The van der Waals surface area contributed by atoms with Crippen LogP contribution in [0.1, 0.15) is 0 Å². The highest BCUT2D eigenvalue weighted by molar-refractivity contribution is 7.92. The molecule has 0 fully saturated rings. The number of carbonyl (C=O) groups excluding carboxylic acids is 1. The molecule has 1 rings (SSSR count). The molecule has 19 heavy (non-hydrogen) atoms. The number of ether oxygens (including phenoxy) is 1. The molecule has 0 saturated heterocycles. The van der Waals surface area contributed by atoms with Gasteiger partial charge >= 0.3 is 0 Å². The first-order chi connectivity index (χ1) is 8.86. The molecule has 6 nitrogen and oxygen atoms in total. The number of hydrogen-bond acceptors (Lipinski definition) is 5. The molecule has 0 atom stereocenters. The van der Waals surface area contributed by atoms with Crippen LogP contribution in [-0.4, -0.2) is 40.3 Å². The normalized spacial score (nSPS) is 11.3. The van der Waals surface area contributed by atoms with Crippen molar-refractivity contribution in [2.24, 2.45) is 0 Å². The highest BCUT2D eigenvalue weighted by atomic mass is 35.5. The Morgan fingerprint density at radius 2 is 2.16 bits per heavy atom. The number of nitrogen functional groups attached to an aromatic ring is 1. The Bertz CT molecular complexity index is 560. The fourth-order valence-corrected chi connectivity index (χ4v) is 2.73. The molecule has 0 heterocycles. The van der Waals surface area contributed by atoms with Crippen molar-refractivity contribution < 1.29 is 17.9 Å². The number of nitrogens with two attached hydrogens (primary N) is 1. The summed E-state index contributed by atoms with van der Waals surface area (Å²) < 4.78 is 28.6. The number of hydrogen-bond donors (Lipinski definition) is 2. The van der Waals surface area contributed by atoms with Crippen LogP contribution in [0.4, 0.5) is 5.69 Å². The quantitative estimate of drug-likeness (QED) is 0.587. The van der Waals surface area contributed by atoms with Crippen LogP contribution < -0.4 is 11.1 Å². The van der Waals surface area contributed by atoms with Crippen LogP contribution in [0.25, 0.3) is 0 Å². The van der Waals surface area contributed by atoms with Crippen molar-refractivity contribution in [3.63, 3.8) is 0 Å². The fourth-order valence-electron chi connectivity index (χ4n) is 1.30. The van der Waals surface area contributed by atoms with Crippen molar-refractivity contribution in [3.8, 4) is 0 Å². The van der Waals surface area contributed by atoms with Crippen LogP contribution in [-0.2, 0) is 19.4 Å². The van der Waals surface area contributed by atoms with Gasteiger partial charge in [0, 0.05) is 13.7 Å². The van der Waals surface area contributed by atoms with Crippen LogP contribution in [0.5, 0.6) is 0 Å². The molecule has 1 aromatic rings. The van der Waals surface area contributed by atoms with Crippen LogP contribution in [0.15, 0.2) is 23.1 Å². The number of methoxy groups -OCH3 is 1. The Hall–Kier alpha value is -1.31. The number of halogens is 1. The van der Waals surface area contributed by atoms with Gasteiger partial charge in [-0.3, -0.25) is 4.79 Å². The number of sulfone groups is 1. The Labute approximate surface area is 116 Å². The minimum atomic E-state index is -3.73. The lowest BCUT2D eigenvalue weighted by molar-refractivity contribution is -0.118. The summed E-state index contributed by atoms with van der Waals surface area (Å²) >= 11 is 5.75. The van der Waals surface area contributed by atoms with Gasteiger partial charge in [0.2, 0.25) is 5.91 Å². The van der Waals surface area contributed by atoms with Crippen molar-refractivity contribution in [1.29, 1.82) is 0 Å². The predicted octanol–water partition coefficient (Wildman–Crippen LogP) is 0.459. The smallest absolute Gasteiger partial charge is 0.235 e. The lowest BCUT2D eigenvalue weighted by atomic mass is 10.3. The van der Waals surface area contributed by atoms with E-state index in [1.807, 2.05) is 0 Å². The molecule has 0 aliphatic heterocycles. The van der Waals surface area contributed by atoms with Gasteiger partial charge in [-0.05, 0) is 18.2 Å². The van der Waals surface area contributed by atoms with E-state index >= 15 is 0 Å². The third-order valence-corrected chi connectivity index (χ3v) is 4.22. The Balaban J connectivity index is 2.75. The van der Waals surface area contributed by atoms with E-state index < -0.39 is 21.5 Å². The monoisotopic (exact) mass is 306 g/mol. The number of benzene rings is 1. The molecule has 3 N–H and O–H groups in total. The zero-order valence-electron chi connectivity index (χ0n) is 10.3. The third-order valence-electron chi connectivity index (χ3n) is 2.28. The van der Waals surface area contributed by atoms with E-state index in [1.165, 1.54) is 25.3 Å². The summed E-state index contributed by atoms with van der Waals surface area (Å²) in [7, 11) is -2.24. The first-order valence-electron chi connectivity index (χ1n) is 5.40. The number of rotatable bonds is 6. The molecule has 0 bridgehead atoms. The van der Waals surface area contributed by atoms with E-state index in [9.17, 15) is 13.2 Å². The second-order valence-corrected chi connectivity index (χ2v) is 6.18. The molecule has 1 amide bonds. The van der Waals surface area contributed by atoms with Gasteiger partial charge in [-0.1, -0.05) is 11.6 Å². The van der Waals surface area contributed by atoms with E-state index in [0.717, 1.165) is 0 Å². The lowest BCUT2D eigenvalue weighted by Gasteiger charge is -2.07. The van der Waals surface area contributed by atoms with Gasteiger partial charge in [-0.25, -0.2) is 8.42 Å². The standard InChI is InChI=1S/C11H15ClN2O4S/c1-18-5-4-14-11(15)7-19(16,17)8-2-3-10(13)9(12)6-8/h2-3,6H,4-5,7,13H2,1H3,(H,14,15). The summed E-state index contributed by atoms with van der Waals surface area (Å²) in [4.78, 5) is 11.4. The van der Waals surface area contributed by atoms with E-state index in [1.54, 1.807) is 0 Å². The topological polar surface area (TPSA) is 98.5 Å². The van der Waals surface area contributed by atoms with Crippen molar-refractivity contribution in [2.45, 2.75) is 4.90 Å². The SMILES string of the molecule is COCCNC(=O)CS(=O)(=O)c1ccc(N)c(Cl)c1. The lowest BCUT2D eigenvalue weighted by Crippen LogP contribution is -2.32. The number of nitrogens with one attached hydrogen (secondary N) is 1. The first kappa shape index (κ1) is 15.7. The van der Waals surface area contributed by atoms with E-state index in [0.29, 0.717) is 6.61 Å². The van der Waals surface area contributed by atoms with Gasteiger partial charge in [0.1, 0.15) is 5.75 Å². The molecule has 0 aliphatic rings. The number of amides is 1. The summed E-state index contributed by atoms with van der Waals surface area (Å²) in [5.41, 5.74) is 5.78. The largest absolute Gasteiger partial charge is 0.398 e. The average Bonchev–Trinajstić information content (AvgIpc) is 2.32. The summed E-state index contributed by atoms with van der Waals surface area (Å²) in [6, 6.07) is 3.94. The number of anilines is 1. The average molecular weight is 307 g/mol.